The lowest BCUT2D eigenvalue weighted by Gasteiger charge is -2.12. The van der Waals surface area contributed by atoms with E-state index in [1.807, 2.05) is 0 Å². The summed E-state index contributed by atoms with van der Waals surface area (Å²) in [5, 5.41) is 0. The molecule has 29 heavy (non-hydrogen) atoms. The first-order valence-electron chi connectivity index (χ1n) is 9.23. The molecule has 3 rings (SSSR count). The quantitative estimate of drug-likeness (QED) is 0.606. The molecule has 0 aromatic carbocycles. The molecule has 1 aliphatic rings. The molecule has 0 atom stereocenters. The number of ether oxygens (including phenoxy) is 5. The van der Waals surface area contributed by atoms with Gasteiger partial charge in [-0.3, -0.25) is 9.97 Å². The van der Waals surface area contributed by atoms with E-state index in [1.54, 1.807) is 12.1 Å². The van der Waals surface area contributed by atoms with Crippen LogP contribution in [0.5, 0.6) is 0 Å². The Morgan fingerprint density at radius 2 is 0.931 bits per heavy atom. The first-order chi connectivity index (χ1) is 14.3. The highest BCUT2D eigenvalue weighted by Crippen LogP contribution is 2.27. The number of rotatable bonds is 0. The zero-order valence-electron chi connectivity index (χ0n) is 15.9. The van der Waals surface area contributed by atoms with E-state index in [2.05, 4.69) is 9.97 Å². The van der Waals surface area contributed by atoms with Gasteiger partial charge in [0.05, 0.1) is 50.8 Å². The number of carbonyl (C=O) groups is 2. The van der Waals surface area contributed by atoms with Gasteiger partial charge in [0.2, 0.25) is 0 Å². The number of hydrogen-bond donors (Lipinski definition) is 0. The van der Waals surface area contributed by atoms with Gasteiger partial charge in [-0.2, -0.15) is 0 Å². The number of esters is 2. The third-order valence-corrected chi connectivity index (χ3v) is 4.04. The smallest absolute Gasteiger partial charge is 0.340 e. The molecule has 0 saturated heterocycles. The molecule has 0 bridgehead atoms. The maximum absolute atomic E-state index is 12.5. The molecular formula is C20H22N2O7. The van der Waals surface area contributed by atoms with Gasteiger partial charge in [0.1, 0.15) is 13.2 Å². The summed E-state index contributed by atoms with van der Waals surface area (Å²) in [6, 6.07) is 3.28. The summed E-state index contributed by atoms with van der Waals surface area (Å²) in [5.41, 5.74) is 1.47. The van der Waals surface area contributed by atoms with E-state index in [0.717, 1.165) is 0 Å². The second kappa shape index (κ2) is 11.2. The predicted molar refractivity (Wildman–Crippen MR) is 100 cm³/mol. The van der Waals surface area contributed by atoms with Crippen molar-refractivity contribution in [3.05, 3.63) is 48.0 Å². The van der Waals surface area contributed by atoms with Crippen LogP contribution in [0.1, 0.15) is 20.7 Å². The van der Waals surface area contributed by atoms with Gasteiger partial charge in [-0.05, 0) is 12.1 Å². The van der Waals surface area contributed by atoms with Crippen LogP contribution in [0.25, 0.3) is 11.1 Å². The largest absolute Gasteiger partial charge is 0.460 e. The SMILES string of the molecule is O=C1OCCOCCOCCOCCOC(=O)c2cnccc2-c2ccncc21. The molecule has 0 radical (unpaired) electrons. The van der Waals surface area contributed by atoms with Crippen molar-refractivity contribution in [2.24, 2.45) is 0 Å². The first kappa shape index (κ1) is 20.8. The average Bonchev–Trinajstić information content (AvgIpc) is 2.76. The third-order valence-electron chi connectivity index (χ3n) is 4.04. The summed E-state index contributed by atoms with van der Waals surface area (Å²) in [5.74, 6) is -1.12. The highest BCUT2D eigenvalue weighted by molar-refractivity contribution is 6.02. The minimum Gasteiger partial charge on any atom is -0.460 e. The highest BCUT2D eigenvalue weighted by atomic mass is 16.6. The van der Waals surface area contributed by atoms with Gasteiger partial charge in [-0.1, -0.05) is 0 Å². The lowest BCUT2D eigenvalue weighted by atomic mass is 9.98. The van der Waals surface area contributed by atoms with Gasteiger partial charge in [-0.15, -0.1) is 0 Å². The number of aromatic nitrogens is 2. The lowest BCUT2D eigenvalue weighted by Crippen LogP contribution is -2.15. The van der Waals surface area contributed by atoms with Gasteiger partial charge in [-0.25, -0.2) is 9.59 Å². The van der Waals surface area contributed by atoms with Gasteiger partial charge >= 0.3 is 11.9 Å². The van der Waals surface area contributed by atoms with Crippen molar-refractivity contribution in [2.75, 3.05) is 52.9 Å². The molecule has 3 heterocycles. The Labute approximate surface area is 167 Å². The van der Waals surface area contributed by atoms with E-state index in [4.69, 9.17) is 23.7 Å². The van der Waals surface area contributed by atoms with Crippen LogP contribution >= 0.6 is 0 Å². The number of hydrogen-bond acceptors (Lipinski definition) is 9. The first-order valence-corrected chi connectivity index (χ1v) is 9.23. The van der Waals surface area contributed by atoms with Crippen LogP contribution in [0.4, 0.5) is 0 Å². The molecule has 0 saturated carbocycles. The van der Waals surface area contributed by atoms with Gasteiger partial charge in [0.15, 0.2) is 0 Å². The van der Waals surface area contributed by atoms with Crippen molar-refractivity contribution < 1.29 is 33.3 Å². The fraction of sp³-hybridized carbons (Fsp3) is 0.400. The third kappa shape index (κ3) is 6.05. The molecule has 1 aliphatic heterocycles. The predicted octanol–water partition coefficient (Wildman–Crippen LogP) is 1.52. The van der Waals surface area contributed by atoms with Crippen molar-refractivity contribution in [3.8, 4) is 11.1 Å². The van der Waals surface area contributed by atoms with Crippen molar-refractivity contribution in [3.63, 3.8) is 0 Å². The molecule has 9 nitrogen and oxygen atoms in total. The molecule has 2 aromatic heterocycles. The fourth-order valence-corrected chi connectivity index (χ4v) is 2.67. The van der Waals surface area contributed by atoms with Crippen LogP contribution in [0.15, 0.2) is 36.9 Å². The molecule has 0 N–H and O–H groups in total. The summed E-state index contributed by atoms with van der Waals surface area (Å²) < 4.78 is 26.7. The lowest BCUT2D eigenvalue weighted by molar-refractivity contribution is -0.00666. The van der Waals surface area contributed by atoms with Crippen molar-refractivity contribution in [2.45, 2.75) is 0 Å². The summed E-state index contributed by atoms with van der Waals surface area (Å²) >= 11 is 0. The zero-order chi connectivity index (χ0) is 20.3. The Hall–Kier alpha value is -2.88. The summed E-state index contributed by atoms with van der Waals surface area (Å²) in [6.07, 6.45) is 5.87. The summed E-state index contributed by atoms with van der Waals surface area (Å²) in [4.78, 5) is 33.1. The van der Waals surface area contributed by atoms with E-state index >= 15 is 0 Å². The van der Waals surface area contributed by atoms with Crippen molar-refractivity contribution in [1.82, 2.24) is 9.97 Å². The Balaban J connectivity index is 1.84. The van der Waals surface area contributed by atoms with Crippen molar-refractivity contribution in [1.29, 1.82) is 0 Å². The molecular weight excluding hydrogens is 380 g/mol. The number of cyclic esters (lactones) is 2. The standard InChI is InChI=1S/C20H22N2O7/c23-19-17-13-21-3-1-15(17)16-2-4-22-14-18(16)20(24)29-12-10-27-8-6-25-5-7-26-9-11-28-19/h1-4,13-14H,5-12H2. The van der Waals surface area contributed by atoms with Crippen LogP contribution < -0.4 is 0 Å². The van der Waals surface area contributed by atoms with Crippen LogP contribution in [0.3, 0.4) is 0 Å². The number of nitrogens with zero attached hydrogens (tertiary/aromatic N) is 2. The van der Waals surface area contributed by atoms with E-state index in [9.17, 15) is 9.59 Å². The van der Waals surface area contributed by atoms with E-state index in [1.165, 1.54) is 24.8 Å². The summed E-state index contributed by atoms with van der Waals surface area (Å²) in [7, 11) is 0. The average molecular weight is 402 g/mol. The Morgan fingerprint density at radius 3 is 1.34 bits per heavy atom. The maximum atomic E-state index is 12.5. The molecule has 0 unspecified atom stereocenters. The molecule has 0 spiro atoms. The van der Waals surface area contributed by atoms with Crippen LogP contribution in [-0.4, -0.2) is 74.8 Å². The Bertz CT molecular complexity index is 760. The van der Waals surface area contributed by atoms with Gasteiger partial charge in [0.25, 0.3) is 0 Å². The number of fused-ring (bicyclic) bond motifs is 3. The second-order valence-electron chi connectivity index (χ2n) is 5.95. The monoisotopic (exact) mass is 402 g/mol. The molecule has 9 heteroatoms. The van der Waals surface area contributed by atoms with Crippen molar-refractivity contribution >= 4 is 11.9 Å². The van der Waals surface area contributed by atoms with E-state index < -0.39 is 11.9 Å². The molecule has 154 valence electrons. The minimum absolute atomic E-state index is 0.0848. The van der Waals surface area contributed by atoms with Gasteiger partial charge < -0.3 is 23.7 Å². The van der Waals surface area contributed by atoms with E-state index in [-0.39, 0.29) is 37.6 Å². The second-order valence-corrected chi connectivity index (χ2v) is 5.95. The number of carbonyl (C=O) groups excluding carboxylic acids is 2. The van der Waals surface area contributed by atoms with E-state index in [0.29, 0.717) is 37.6 Å². The normalized spacial score (nSPS) is 17.5. The molecule has 0 fully saturated rings. The molecule has 2 aromatic rings. The topological polar surface area (TPSA) is 106 Å². The highest BCUT2D eigenvalue weighted by Gasteiger charge is 2.20. The Morgan fingerprint density at radius 1 is 0.552 bits per heavy atom. The maximum Gasteiger partial charge on any atom is 0.340 e. The van der Waals surface area contributed by atoms with Crippen LogP contribution in [0, 0.1) is 0 Å². The van der Waals surface area contributed by atoms with Crippen LogP contribution in [0.2, 0.25) is 0 Å². The van der Waals surface area contributed by atoms with Crippen LogP contribution in [-0.2, 0) is 23.7 Å². The molecule has 0 aliphatic carbocycles. The number of pyridine rings is 2. The summed E-state index contributed by atoms with van der Waals surface area (Å²) in [6.45, 7) is 2.23. The van der Waals surface area contributed by atoms with Gasteiger partial charge in [0, 0.05) is 35.9 Å². The Kier molecular flexibility index (Phi) is 8.05. The molecule has 0 amide bonds. The minimum atomic E-state index is -0.560. The fourth-order valence-electron chi connectivity index (χ4n) is 2.67. The zero-order valence-corrected chi connectivity index (χ0v) is 15.9.